The lowest BCUT2D eigenvalue weighted by Crippen LogP contribution is -1.99. The van der Waals surface area contributed by atoms with E-state index in [1.54, 1.807) is 6.07 Å². The van der Waals surface area contributed by atoms with Crippen LogP contribution in [0.4, 0.5) is 5.69 Å². The van der Waals surface area contributed by atoms with Gasteiger partial charge in [0.2, 0.25) is 0 Å². The Morgan fingerprint density at radius 2 is 2.25 bits per heavy atom. The molecule has 5 heteroatoms. The van der Waals surface area contributed by atoms with Crippen molar-refractivity contribution < 1.29 is 4.92 Å². The number of alkyl halides is 1. The van der Waals surface area contributed by atoms with Gasteiger partial charge in [-0.3, -0.25) is 10.1 Å². The number of nitrogens with zero attached hydrogens (tertiary/aromatic N) is 1. The van der Waals surface area contributed by atoms with Gasteiger partial charge in [0.25, 0.3) is 5.69 Å². The average molecular weight is 260 g/mol. The van der Waals surface area contributed by atoms with Crippen LogP contribution in [0.15, 0.2) is 23.1 Å². The smallest absolute Gasteiger partial charge is 0.258 e. The van der Waals surface area contributed by atoms with Gasteiger partial charge in [-0.05, 0) is 25.0 Å². The molecule has 0 aliphatic heterocycles. The third kappa shape index (κ3) is 3.68. The summed E-state index contributed by atoms with van der Waals surface area (Å²) in [6, 6.07) is 5.31. The van der Waals surface area contributed by atoms with Gasteiger partial charge < -0.3 is 0 Å². The number of aryl methyl sites for hydroxylation is 1. The van der Waals surface area contributed by atoms with Crippen LogP contribution in [-0.4, -0.2) is 16.1 Å². The number of nitro groups is 1. The van der Waals surface area contributed by atoms with E-state index in [1.807, 2.05) is 26.0 Å². The van der Waals surface area contributed by atoms with Crippen molar-refractivity contribution in [3.63, 3.8) is 0 Å². The lowest BCUT2D eigenvalue weighted by Gasteiger charge is -2.09. The Morgan fingerprint density at radius 3 is 2.81 bits per heavy atom. The summed E-state index contributed by atoms with van der Waals surface area (Å²) in [5.41, 5.74) is 1.09. The Morgan fingerprint density at radius 1 is 1.56 bits per heavy atom. The Labute approximate surface area is 104 Å². The van der Waals surface area contributed by atoms with Gasteiger partial charge in [0.1, 0.15) is 0 Å². The summed E-state index contributed by atoms with van der Waals surface area (Å²) in [6.07, 6.45) is 0.844. The zero-order valence-corrected chi connectivity index (χ0v) is 10.8. The van der Waals surface area contributed by atoms with Crippen LogP contribution in [0.5, 0.6) is 0 Å². The highest BCUT2D eigenvalue weighted by molar-refractivity contribution is 8.00. The molecule has 0 radical (unpaired) electrons. The molecule has 0 saturated carbocycles. The first-order chi connectivity index (χ1) is 7.54. The predicted octanol–water partition coefficient (Wildman–Crippen LogP) is 4.01. The number of rotatable bonds is 5. The molecule has 0 amide bonds. The largest absolute Gasteiger partial charge is 0.283 e. The summed E-state index contributed by atoms with van der Waals surface area (Å²) in [6.45, 7) is 3.88. The topological polar surface area (TPSA) is 43.1 Å². The Hall–Kier alpha value is -0.740. The maximum Gasteiger partial charge on any atom is 0.283 e. The highest BCUT2D eigenvalue weighted by atomic mass is 35.5. The summed E-state index contributed by atoms with van der Waals surface area (Å²) in [5, 5.41) is 11.2. The molecule has 88 valence electrons. The molecule has 16 heavy (non-hydrogen) atoms. The molecular formula is C11H14ClNO2S. The zero-order valence-electron chi connectivity index (χ0n) is 9.27. The van der Waals surface area contributed by atoms with Crippen molar-refractivity contribution in [2.45, 2.75) is 30.4 Å². The maximum absolute atomic E-state index is 10.9. The lowest BCUT2D eigenvalue weighted by molar-refractivity contribution is -0.387. The van der Waals surface area contributed by atoms with Crippen molar-refractivity contribution in [2.24, 2.45) is 0 Å². The van der Waals surface area contributed by atoms with Gasteiger partial charge in [0.15, 0.2) is 0 Å². The number of nitro benzene ring substituents is 1. The summed E-state index contributed by atoms with van der Waals surface area (Å²) in [7, 11) is 0. The molecule has 1 unspecified atom stereocenters. The number of benzene rings is 1. The molecule has 0 aromatic heterocycles. The van der Waals surface area contributed by atoms with Crippen molar-refractivity contribution in [3.05, 3.63) is 33.9 Å². The van der Waals surface area contributed by atoms with Gasteiger partial charge in [-0.2, -0.15) is 0 Å². The van der Waals surface area contributed by atoms with Crippen LogP contribution in [0.2, 0.25) is 0 Å². The van der Waals surface area contributed by atoms with E-state index < -0.39 is 0 Å². The van der Waals surface area contributed by atoms with Crippen LogP contribution in [0.1, 0.15) is 18.9 Å². The van der Waals surface area contributed by atoms with Crippen LogP contribution < -0.4 is 0 Å². The van der Waals surface area contributed by atoms with Gasteiger partial charge in [-0.25, -0.2) is 0 Å². The van der Waals surface area contributed by atoms with Crippen molar-refractivity contribution in [1.82, 2.24) is 0 Å². The van der Waals surface area contributed by atoms with Crippen molar-refractivity contribution in [2.75, 3.05) is 5.88 Å². The molecule has 0 heterocycles. The molecule has 0 saturated heterocycles. The molecule has 1 aromatic rings. The molecular weight excluding hydrogens is 246 g/mol. The van der Waals surface area contributed by atoms with Crippen LogP contribution in [0, 0.1) is 17.0 Å². The maximum atomic E-state index is 10.9. The lowest BCUT2D eigenvalue weighted by atomic mass is 10.2. The molecule has 0 fully saturated rings. The zero-order chi connectivity index (χ0) is 12.1. The average Bonchev–Trinajstić information content (AvgIpc) is 2.20. The van der Waals surface area contributed by atoms with E-state index in [0.29, 0.717) is 16.0 Å². The predicted molar refractivity (Wildman–Crippen MR) is 68.5 cm³/mol. The monoisotopic (exact) mass is 259 g/mol. The van der Waals surface area contributed by atoms with Crippen molar-refractivity contribution in [3.8, 4) is 0 Å². The van der Waals surface area contributed by atoms with Gasteiger partial charge in [-0.15, -0.1) is 23.4 Å². The number of hydrogen-bond donors (Lipinski definition) is 0. The van der Waals surface area contributed by atoms with E-state index in [4.69, 9.17) is 11.6 Å². The molecule has 0 spiro atoms. The normalized spacial score (nSPS) is 12.4. The minimum atomic E-state index is -0.331. The van der Waals surface area contributed by atoms with E-state index in [1.165, 1.54) is 11.8 Å². The van der Waals surface area contributed by atoms with Crippen molar-refractivity contribution in [1.29, 1.82) is 0 Å². The molecule has 0 bridgehead atoms. The van der Waals surface area contributed by atoms with Gasteiger partial charge in [0, 0.05) is 17.2 Å². The van der Waals surface area contributed by atoms with E-state index >= 15 is 0 Å². The second-order valence-corrected chi connectivity index (χ2v) is 5.49. The van der Waals surface area contributed by atoms with Crippen LogP contribution in [0.25, 0.3) is 0 Å². The second kappa shape index (κ2) is 6.11. The van der Waals surface area contributed by atoms with Crippen LogP contribution in [0.3, 0.4) is 0 Å². The van der Waals surface area contributed by atoms with Gasteiger partial charge in [-0.1, -0.05) is 13.0 Å². The first kappa shape index (κ1) is 13.3. The highest BCUT2D eigenvalue weighted by Crippen LogP contribution is 2.33. The number of halogens is 1. The summed E-state index contributed by atoms with van der Waals surface area (Å²) in [5.74, 6) is 0.577. The van der Waals surface area contributed by atoms with Crippen molar-refractivity contribution >= 4 is 29.1 Å². The fraction of sp³-hybridized carbons (Fsp3) is 0.455. The summed E-state index contributed by atoms with van der Waals surface area (Å²) in [4.78, 5) is 11.3. The number of hydrogen-bond acceptors (Lipinski definition) is 3. The molecule has 0 aliphatic carbocycles. The third-order valence-corrected chi connectivity index (χ3v) is 3.61. The van der Waals surface area contributed by atoms with Crippen LogP contribution >= 0.6 is 23.4 Å². The standard InChI is InChI=1S/C11H14ClNO2S/c1-8-3-4-11(10(7-8)13(14)15)16-9(2)5-6-12/h3-4,7,9H,5-6H2,1-2H3. The fourth-order valence-electron chi connectivity index (χ4n) is 1.30. The Bertz CT molecular complexity index is 384. The quantitative estimate of drug-likeness (QED) is 0.347. The van der Waals surface area contributed by atoms with E-state index in [-0.39, 0.29) is 10.6 Å². The first-order valence-corrected chi connectivity index (χ1v) is 6.43. The summed E-state index contributed by atoms with van der Waals surface area (Å²) < 4.78 is 0. The molecule has 1 atom stereocenters. The molecule has 1 aromatic carbocycles. The highest BCUT2D eigenvalue weighted by Gasteiger charge is 2.16. The minimum Gasteiger partial charge on any atom is -0.258 e. The Kier molecular flexibility index (Phi) is 5.09. The molecule has 0 N–H and O–H groups in total. The summed E-state index contributed by atoms with van der Waals surface area (Å²) >= 11 is 7.15. The van der Waals surface area contributed by atoms with E-state index in [0.717, 1.165) is 12.0 Å². The van der Waals surface area contributed by atoms with E-state index in [9.17, 15) is 10.1 Å². The number of thioether (sulfide) groups is 1. The fourth-order valence-corrected chi connectivity index (χ4v) is 2.83. The molecule has 0 aliphatic rings. The Balaban J connectivity index is 2.90. The van der Waals surface area contributed by atoms with Gasteiger partial charge >= 0.3 is 0 Å². The van der Waals surface area contributed by atoms with Crippen LogP contribution in [-0.2, 0) is 0 Å². The minimum absolute atomic E-state index is 0.187. The first-order valence-electron chi connectivity index (χ1n) is 5.02. The van der Waals surface area contributed by atoms with E-state index in [2.05, 4.69) is 0 Å². The van der Waals surface area contributed by atoms with Gasteiger partial charge in [0.05, 0.1) is 9.82 Å². The molecule has 1 rings (SSSR count). The second-order valence-electron chi connectivity index (χ2n) is 3.63. The third-order valence-electron chi connectivity index (χ3n) is 2.15. The SMILES string of the molecule is Cc1ccc(SC(C)CCCl)c([N+](=O)[O-])c1. The molecule has 3 nitrogen and oxygen atoms in total.